The minimum Gasteiger partial charge on any atom is -0.490 e. The largest absolute Gasteiger partial charge is 0.490 e. The van der Waals surface area contributed by atoms with Gasteiger partial charge in [0.15, 0.2) is 0 Å². The smallest absolute Gasteiger partial charge is 0.227 e. The van der Waals surface area contributed by atoms with Crippen molar-refractivity contribution in [3.8, 4) is 5.75 Å². The van der Waals surface area contributed by atoms with Crippen molar-refractivity contribution in [3.63, 3.8) is 0 Å². The summed E-state index contributed by atoms with van der Waals surface area (Å²) in [5.74, 6) is 2.99. The molecular weight excluding hydrogens is 286 g/mol. The van der Waals surface area contributed by atoms with E-state index in [0.29, 0.717) is 12.3 Å². The standard InChI is InChI=1S/C16H17NO3S/c1-19-16-10-20-13(8-15(16)18)9-17-6-7-21-11-12-4-2-3-5-14(12)17/h2-5,8,10H,6-7,9,11H2,1H3. The fourth-order valence-electron chi connectivity index (χ4n) is 2.44. The molecular formula is C16H17NO3S. The Bertz CT molecular complexity index is 683. The molecule has 0 spiro atoms. The quantitative estimate of drug-likeness (QED) is 0.872. The molecule has 0 radical (unpaired) electrons. The van der Waals surface area contributed by atoms with Gasteiger partial charge in [-0.25, -0.2) is 0 Å². The highest BCUT2D eigenvalue weighted by atomic mass is 32.2. The zero-order valence-electron chi connectivity index (χ0n) is 11.9. The van der Waals surface area contributed by atoms with E-state index in [2.05, 4.69) is 23.1 Å². The van der Waals surface area contributed by atoms with Crippen molar-refractivity contribution in [2.45, 2.75) is 12.3 Å². The van der Waals surface area contributed by atoms with Crippen LogP contribution in [0.15, 0.2) is 45.8 Å². The van der Waals surface area contributed by atoms with E-state index in [1.807, 2.05) is 17.8 Å². The van der Waals surface area contributed by atoms with E-state index in [0.717, 1.165) is 18.1 Å². The van der Waals surface area contributed by atoms with Crippen molar-refractivity contribution < 1.29 is 9.15 Å². The van der Waals surface area contributed by atoms with Crippen LogP contribution in [0.1, 0.15) is 11.3 Å². The van der Waals surface area contributed by atoms with E-state index in [4.69, 9.17) is 9.15 Å². The SMILES string of the molecule is COc1coc(CN2CCSCc3ccccc32)cc1=O. The summed E-state index contributed by atoms with van der Waals surface area (Å²) in [4.78, 5) is 14.1. The number of para-hydroxylation sites is 1. The number of nitrogens with zero attached hydrogens (tertiary/aromatic N) is 1. The van der Waals surface area contributed by atoms with Gasteiger partial charge < -0.3 is 14.1 Å². The highest BCUT2D eigenvalue weighted by Crippen LogP contribution is 2.29. The summed E-state index contributed by atoms with van der Waals surface area (Å²) in [6.45, 7) is 1.54. The molecule has 0 aliphatic carbocycles. The molecule has 0 fully saturated rings. The molecule has 0 saturated heterocycles. The summed E-state index contributed by atoms with van der Waals surface area (Å²) in [5, 5.41) is 0. The zero-order valence-corrected chi connectivity index (χ0v) is 12.7. The lowest BCUT2D eigenvalue weighted by Gasteiger charge is -2.23. The molecule has 4 nitrogen and oxygen atoms in total. The fraction of sp³-hybridized carbons (Fsp3) is 0.312. The third-order valence-electron chi connectivity index (χ3n) is 3.51. The summed E-state index contributed by atoms with van der Waals surface area (Å²) in [6.07, 6.45) is 1.39. The van der Waals surface area contributed by atoms with Gasteiger partial charge in [-0.2, -0.15) is 11.8 Å². The van der Waals surface area contributed by atoms with Crippen LogP contribution in [0, 0.1) is 0 Å². The van der Waals surface area contributed by atoms with Gasteiger partial charge in [-0.1, -0.05) is 18.2 Å². The van der Waals surface area contributed by atoms with Gasteiger partial charge in [-0.15, -0.1) is 0 Å². The van der Waals surface area contributed by atoms with Crippen LogP contribution in [-0.2, 0) is 12.3 Å². The van der Waals surface area contributed by atoms with E-state index in [-0.39, 0.29) is 11.2 Å². The number of anilines is 1. The van der Waals surface area contributed by atoms with Crippen LogP contribution in [0.5, 0.6) is 5.75 Å². The zero-order chi connectivity index (χ0) is 14.7. The predicted octanol–water partition coefficient (Wildman–Crippen LogP) is 2.90. The average molecular weight is 303 g/mol. The van der Waals surface area contributed by atoms with Crippen LogP contribution in [0.25, 0.3) is 0 Å². The normalized spacial score (nSPS) is 14.4. The Balaban J connectivity index is 1.87. The second kappa shape index (κ2) is 6.26. The molecule has 5 heteroatoms. The average Bonchev–Trinajstić information content (AvgIpc) is 2.70. The van der Waals surface area contributed by atoms with Crippen molar-refractivity contribution in [3.05, 3.63) is 58.1 Å². The topological polar surface area (TPSA) is 42.7 Å². The summed E-state index contributed by atoms with van der Waals surface area (Å²) >= 11 is 1.93. The Morgan fingerprint density at radius 3 is 3.05 bits per heavy atom. The maximum atomic E-state index is 11.8. The van der Waals surface area contributed by atoms with Crippen LogP contribution >= 0.6 is 11.8 Å². The third kappa shape index (κ3) is 3.08. The minimum absolute atomic E-state index is 0.142. The Kier molecular flexibility index (Phi) is 4.20. The van der Waals surface area contributed by atoms with Gasteiger partial charge >= 0.3 is 0 Å². The van der Waals surface area contributed by atoms with Crippen molar-refractivity contribution in [1.29, 1.82) is 0 Å². The second-order valence-corrected chi connectivity index (χ2v) is 5.99. The Hall–Kier alpha value is -1.88. The summed E-state index contributed by atoms with van der Waals surface area (Å²) in [5.41, 5.74) is 2.41. The molecule has 0 saturated carbocycles. The van der Waals surface area contributed by atoms with Crippen LogP contribution < -0.4 is 15.1 Å². The van der Waals surface area contributed by atoms with Gasteiger partial charge in [-0.05, 0) is 11.6 Å². The lowest BCUT2D eigenvalue weighted by Crippen LogP contribution is -2.25. The predicted molar refractivity (Wildman–Crippen MR) is 85.2 cm³/mol. The summed E-state index contributed by atoms with van der Waals surface area (Å²) in [6, 6.07) is 9.91. The lowest BCUT2D eigenvalue weighted by molar-refractivity contribution is 0.378. The fourth-order valence-corrected chi connectivity index (χ4v) is 3.40. The van der Waals surface area contributed by atoms with E-state index >= 15 is 0 Å². The first kappa shape index (κ1) is 14.1. The van der Waals surface area contributed by atoms with Crippen LogP contribution in [-0.4, -0.2) is 19.4 Å². The molecule has 0 atom stereocenters. The van der Waals surface area contributed by atoms with E-state index < -0.39 is 0 Å². The molecule has 110 valence electrons. The maximum Gasteiger partial charge on any atom is 0.227 e. The number of thioether (sulfide) groups is 1. The van der Waals surface area contributed by atoms with E-state index in [1.54, 1.807) is 0 Å². The van der Waals surface area contributed by atoms with Gasteiger partial charge in [0.05, 0.1) is 13.7 Å². The van der Waals surface area contributed by atoms with Crippen molar-refractivity contribution >= 4 is 17.4 Å². The number of rotatable bonds is 3. The van der Waals surface area contributed by atoms with Crippen molar-refractivity contribution in [2.24, 2.45) is 0 Å². The monoisotopic (exact) mass is 303 g/mol. The number of fused-ring (bicyclic) bond motifs is 1. The van der Waals surface area contributed by atoms with E-state index in [9.17, 15) is 4.79 Å². The molecule has 0 N–H and O–H groups in total. The molecule has 1 aromatic carbocycles. The maximum absolute atomic E-state index is 11.8. The van der Waals surface area contributed by atoms with Gasteiger partial charge in [0.25, 0.3) is 0 Å². The van der Waals surface area contributed by atoms with Crippen LogP contribution in [0.3, 0.4) is 0 Å². The molecule has 3 rings (SSSR count). The number of hydrogen-bond acceptors (Lipinski definition) is 5. The molecule has 21 heavy (non-hydrogen) atoms. The first-order valence-corrected chi connectivity index (χ1v) is 7.99. The van der Waals surface area contributed by atoms with E-state index in [1.165, 1.54) is 30.7 Å². The van der Waals surface area contributed by atoms with Crippen LogP contribution in [0.2, 0.25) is 0 Å². The highest BCUT2D eigenvalue weighted by Gasteiger charge is 2.16. The molecule has 2 aromatic rings. The minimum atomic E-state index is -0.142. The Labute approximate surface area is 127 Å². The van der Waals surface area contributed by atoms with Crippen LogP contribution in [0.4, 0.5) is 5.69 Å². The summed E-state index contributed by atoms with van der Waals surface area (Å²) < 4.78 is 10.5. The first-order valence-electron chi connectivity index (χ1n) is 6.84. The van der Waals surface area contributed by atoms with Gasteiger partial charge in [0.1, 0.15) is 12.0 Å². The number of ether oxygens (including phenoxy) is 1. The van der Waals surface area contributed by atoms with Gasteiger partial charge in [-0.3, -0.25) is 4.79 Å². The van der Waals surface area contributed by atoms with Crippen molar-refractivity contribution in [1.82, 2.24) is 0 Å². The molecule has 1 aliphatic heterocycles. The number of hydrogen-bond donors (Lipinski definition) is 0. The number of benzene rings is 1. The Morgan fingerprint density at radius 2 is 2.24 bits per heavy atom. The molecule has 2 heterocycles. The molecule has 0 unspecified atom stereocenters. The van der Waals surface area contributed by atoms with Gasteiger partial charge in [0, 0.05) is 29.8 Å². The second-order valence-electron chi connectivity index (χ2n) is 4.88. The summed E-state index contributed by atoms with van der Waals surface area (Å²) in [7, 11) is 1.47. The van der Waals surface area contributed by atoms with Crippen molar-refractivity contribution in [2.75, 3.05) is 24.3 Å². The molecule has 1 aliphatic rings. The molecule has 1 aromatic heterocycles. The Morgan fingerprint density at radius 1 is 1.38 bits per heavy atom. The third-order valence-corrected chi connectivity index (χ3v) is 4.50. The highest BCUT2D eigenvalue weighted by molar-refractivity contribution is 7.98. The first-order chi connectivity index (χ1) is 10.3. The number of methoxy groups -OCH3 is 1. The molecule has 0 bridgehead atoms. The molecule has 0 amide bonds. The lowest BCUT2D eigenvalue weighted by atomic mass is 10.1. The van der Waals surface area contributed by atoms with Gasteiger partial charge in [0.2, 0.25) is 11.2 Å².